The van der Waals surface area contributed by atoms with Crippen LogP contribution in [0.2, 0.25) is 0 Å². The average molecular weight is 362 g/mol. The van der Waals surface area contributed by atoms with Crippen molar-refractivity contribution in [2.24, 2.45) is 5.73 Å². The van der Waals surface area contributed by atoms with Crippen LogP contribution >= 0.6 is 12.4 Å². The molecule has 8 heteroatoms. The fourth-order valence-corrected chi connectivity index (χ4v) is 3.85. The van der Waals surface area contributed by atoms with E-state index in [1.54, 1.807) is 19.1 Å². The van der Waals surface area contributed by atoms with Gasteiger partial charge in [0.05, 0.1) is 4.90 Å². The lowest BCUT2D eigenvalue weighted by molar-refractivity contribution is 0.0941. The number of hydrogen-bond acceptors (Lipinski definition) is 4. The van der Waals surface area contributed by atoms with Gasteiger partial charge in [-0.15, -0.1) is 12.4 Å². The van der Waals surface area contributed by atoms with Gasteiger partial charge in [0.15, 0.2) is 0 Å². The van der Waals surface area contributed by atoms with E-state index in [4.69, 9.17) is 5.73 Å². The van der Waals surface area contributed by atoms with Gasteiger partial charge in [0.25, 0.3) is 5.91 Å². The van der Waals surface area contributed by atoms with Crippen LogP contribution in [0.3, 0.4) is 0 Å². The van der Waals surface area contributed by atoms with E-state index in [0.29, 0.717) is 12.1 Å². The number of sulfonamides is 1. The predicted molar refractivity (Wildman–Crippen MR) is 92.3 cm³/mol. The fourth-order valence-electron chi connectivity index (χ4n) is 2.50. The second-order valence-corrected chi connectivity index (χ2v) is 7.45. The highest BCUT2D eigenvalue weighted by Gasteiger charge is 2.23. The summed E-state index contributed by atoms with van der Waals surface area (Å²) in [6.45, 7) is 2.12. The van der Waals surface area contributed by atoms with E-state index in [1.165, 1.54) is 12.1 Å². The molecule has 0 spiro atoms. The van der Waals surface area contributed by atoms with Crippen molar-refractivity contribution in [1.29, 1.82) is 0 Å². The molecule has 1 aromatic carbocycles. The fraction of sp³-hybridized carbons (Fsp3) is 0.533. The van der Waals surface area contributed by atoms with Gasteiger partial charge in [0.2, 0.25) is 10.0 Å². The SMILES string of the molecule is C[C@@H](CN)NC(=O)c1cccc(S(=O)(=O)NC2CCCC2)c1.Cl. The Morgan fingerprint density at radius 2 is 2.00 bits per heavy atom. The number of amides is 1. The van der Waals surface area contributed by atoms with E-state index in [1.807, 2.05) is 0 Å². The van der Waals surface area contributed by atoms with Crippen LogP contribution in [0.25, 0.3) is 0 Å². The van der Waals surface area contributed by atoms with E-state index in [-0.39, 0.29) is 35.3 Å². The number of halogens is 1. The van der Waals surface area contributed by atoms with E-state index in [2.05, 4.69) is 10.0 Å². The average Bonchev–Trinajstić information content (AvgIpc) is 2.99. The summed E-state index contributed by atoms with van der Waals surface area (Å²) in [4.78, 5) is 12.2. The molecule has 23 heavy (non-hydrogen) atoms. The third-order valence-corrected chi connectivity index (χ3v) is 5.33. The second-order valence-electron chi connectivity index (χ2n) is 5.74. The van der Waals surface area contributed by atoms with Crippen LogP contribution in [0.1, 0.15) is 43.0 Å². The van der Waals surface area contributed by atoms with Crippen LogP contribution in [0.5, 0.6) is 0 Å². The quantitative estimate of drug-likeness (QED) is 0.712. The van der Waals surface area contributed by atoms with E-state index < -0.39 is 10.0 Å². The second kappa shape index (κ2) is 8.63. The van der Waals surface area contributed by atoms with E-state index in [0.717, 1.165) is 25.7 Å². The molecule has 0 saturated heterocycles. The van der Waals surface area contributed by atoms with Gasteiger partial charge in [-0.2, -0.15) is 0 Å². The zero-order valence-corrected chi connectivity index (χ0v) is 14.8. The van der Waals surface area contributed by atoms with Crippen molar-refractivity contribution < 1.29 is 13.2 Å². The van der Waals surface area contributed by atoms with Crippen LogP contribution in [0.15, 0.2) is 29.2 Å². The van der Waals surface area contributed by atoms with Crippen molar-refractivity contribution in [2.45, 2.75) is 49.6 Å². The number of nitrogens with two attached hydrogens (primary N) is 1. The molecule has 1 aliphatic carbocycles. The number of hydrogen-bond donors (Lipinski definition) is 3. The number of carbonyl (C=O) groups is 1. The highest BCUT2D eigenvalue weighted by Crippen LogP contribution is 2.20. The Morgan fingerprint density at radius 3 is 2.61 bits per heavy atom. The molecule has 6 nitrogen and oxygen atoms in total. The van der Waals surface area contributed by atoms with Crippen LogP contribution in [0.4, 0.5) is 0 Å². The lowest BCUT2D eigenvalue weighted by Crippen LogP contribution is -2.38. The van der Waals surface area contributed by atoms with Crippen molar-refractivity contribution >= 4 is 28.3 Å². The zero-order valence-electron chi connectivity index (χ0n) is 13.1. The maximum Gasteiger partial charge on any atom is 0.251 e. The lowest BCUT2D eigenvalue weighted by Gasteiger charge is -2.14. The minimum absolute atomic E-state index is 0. The number of rotatable bonds is 6. The molecule has 0 radical (unpaired) electrons. The van der Waals surface area contributed by atoms with Gasteiger partial charge in [-0.3, -0.25) is 4.79 Å². The first-order valence-corrected chi connectivity index (χ1v) is 9.04. The highest BCUT2D eigenvalue weighted by atomic mass is 35.5. The van der Waals surface area contributed by atoms with Gasteiger partial charge in [0, 0.05) is 24.2 Å². The Hall–Kier alpha value is -1.15. The molecule has 1 atom stereocenters. The minimum atomic E-state index is -3.59. The molecular formula is C15H24ClN3O3S. The Kier molecular flexibility index (Phi) is 7.47. The Labute approximate surface area is 143 Å². The minimum Gasteiger partial charge on any atom is -0.348 e. The largest absolute Gasteiger partial charge is 0.348 e. The van der Waals surface area contributed by atoms with E-state index in [9.17, 15) is 13.2 Å². The van der Waals surface area contributed by atoms with Gasteiger partial charge in [0.1, 0.15) is 0 Å². The van der Waals surface area contributed by atoms with Crippen LogP contribution in [0, 0.1) is 0 Å². The normalized spacial score (nSPS) is 16.6. The molecule has 4 N–H and O–H groups in total. The summed E-state index contributed by atoms with van der Waals surface area (Å²) in [5, 5.41) is 2.72. The van der Waals surface area contributed by atoms with Crippen molar-refractivity contribution in [3.8, 4) is 0 Å². The molecule has 130 valence electrons. The first-order chi connectivity index (χ1) is 10.4. The van der Waals surface area contributed by atoms with Crippen molar-refractivity contribution in [3.05, 3.63) is 29.8 Å². The molecule has 0 unspecified atom stereocenters. The summed E-state index contributed by atoms with van der Waals surface area (Å²) in [6.07, 6.45) is 3.83. The molecule has 1 saturated carbocycles. The Balaban J connectivity index is 0.00000264. The maximum atomic E-state index is 12.4. The number of carbonyl (C=O) groups excluding carboxylic acids is 1. The standard InChI is InChI=1S/C15H23N3O3S.ClH/c1-11(10-16)17-15(19)12-5-4-8-14(9-12)22(20,21)18-13-6-2-3-7-13;/h4-5,8-9,11,13,18H,2-3,6-7,10,16H2,1H3,(H,17,19);1H/t11-;/m0./s1. The van der Waals surface area contributed by atoms with Crippen LogP contribution < -0.4 is 15.8 Å². The van der Waals surface area contributed by atoms with Gasteiger partial charge < -0.3 is 11.1 Å². The third kappa shape index (κ3) is 5.46. The molecule has 1 amide bonds. The van der Waals surface area contributed by atoms with Gasteiger partial charge >= 0.3 is 0 Å². The van der Waals surface area contributed by atoms with E-state index >= 15 is 0 Å². The predicted octanol–water partition coefficient (Wildman–Crippen LogP) is 1.41. The van der Waals surface area contributed by atoms with Crippen molar-refractivity contribution in [3.63, 3.8) is 0 Å². The summed E-state index contributed by atoms with van der Waals surface area (Å²) < 4.78 is 27.5. The lowest BCUT2D eigenvalue weighted by atomic mass is 10.2. The van der Waals surface area contributed by atoms with Gasteiger partial charge in [-0.1, -0.05) is 18.9 Å². The molecule has 1 aromatic rings. The number of nitrogens with one attached hydrogen (secondary N) is 2. The van der Waals surface area contributed by atoms with Crippen LogP contribution in [-0.4, -0.2) is 33.0 Å². The van der Waals surface area contributed by atoms with Crippen molar-refractivity contribution in [1.82, 2.24) is 10.0 Å². The number of benzene rings is 1. The van der Waals surface area contributed by atoms with Crippen molar-refractivity contribution in [2.75, 3.05) is 6.54 Å². The monoisotopic (exact) mass is 361 g/mol. The summed E-state index contributed by atoms with van der Waals surface area (Å²) >= 11 is 0. The molecule has 0 bridgehead atoms. The molecule has 0 heterocycles. The third-order valence-electron chi connectivity index (χ3n) is 3.81. The molecule has 1 aliphatic rings. The zero-order chi connectivity index (χ0) is 16.2. The summed E-state index contributed by atoms with van der Waals surface area (Å²) in [5.41, 5.74) is 5.78. The Bertz CT molecular complexity index is 631. The molecule has 1 fully saturated rings. The molecule has 2 rings (SSSR count). The summed E-state index contributed by atoms with van der Waals surface area (Å²) in [6, 6.07) is 5.90. The smallest absolute Gasteiger partial charge is 0.251 e. The summed E-state index contributed by atoms with van der Waals surface area (Å²) in [7, 11) is -3.59. The molecule has 0 aromatic heterocycles. The molecular weight excluding hydrogens is 338 g/mol. The van der Waals surface area contributed by atoms with Gasteiger partial charge in [-0.25, -0.2) is 13.1 Å². The first-order valence-electron chi connectivity index (χ1n) is 7.55. The first kappa shape index (κ1) is 19.9. The molecule has 0 aliphatic heterocycles. The van der Waals surface area contributed by atoms with Crippen LogP contribution in [-0.2, 0) is 10.0 Å². The maximum absolute atomic E-state index is 12.4. The Morgan fingerprint density at radius 1 is 1.35 bits per heavy atom. The summed E-state index contributed by atoms with van der Waals surface area (Å²) in [5.74, 6) is -0.323. The van der Waals surface area contributed by atoms with Gasteiger partial charge in [-0.05, 0) is 38.0 Å². The topological polar surface area (TPSA) is 101 Å². The highest BCUT2D eigenvalue weighted by molar-refractivity contribution is 7.89.